The van der Waals surface area contributed by atoms with Gasteiger partial charge < -0.3 is 19.5 Å². The van der Waals surface area contributed by atoms with Crippen molar-refractivity contribution in [3.63, 3.8) is 0 Å². The summed E-state index contributed by atoms with van der Waals surface area (Å²) in [6.07, 6.45) is -0.774. The first-order valence-electron chi connectivity index (χ1n) is 10.6. The standard InChI is InChI=1S/C25H24ClNO6S/c1-4-31-24(29)15(3)33-19-12-8-17(9-13-19)22(28)27-23-21(25(30)32-5-2)20(14-34-23)16-6-10-18(26)11-7-16/h6-15H,4-5H2,1-3H3,(H,27,28)/t15-/m1/s1. The number of rotatable bonds is 9. The van der Waals surface area contributed by atoms with E-state index < -0.39 is 23.9 Å². The van der Waals surface area contributed by atoms with Crippen LogP contribution in [0.1, 0.15) is 41.5 Å². The number of hydrogen-bond donors (Lipinski definition) is 1. The fraction of sp³-hybridized carbons (Fsp3) is 0.240. The van der Waals surface area contributed by atoms with Crippen LogP contribution in [-0.4, -0.2) is 37.2 Å². The lowest BCUT2D eigenvalue weighted by Gasteiger charge is -2.13. The van der Waals surface area contributed by atoms with Gasteiger partial charge in [-0.3, -0.25) is 4.79 Å². The third-order valence-electron chi connectivity index (χ3n) is 4.70. The van der Waals surface area contributed by atoms with Gasteiger partial charge in [0.15, 0.2) is 6.10 Å². The molecule has 1 aromatic heterocycles. The van der Waals surface area contributed by atoms with Crippen LogP contribution >= 0.6 is 22.9 Å². The molecule has 0 aliphatic carbocycles. The number of esters is 2. The molecule has 1 atom stereocenters. The van der Waals surface area contributed by atoms with E-state index in [2.05, 4.69) is 5.32 Å². The van der Waals surface area contributed by atoms with Crippen LogP contribution in [0.25, 0.3) is 11.1 Å². The van der Waals surface area contributed by atoms with E-state index in [1.54, 1.807) is 74.7 Å². The number of amides is 1. The van der Waals surface area contributed by atoms with Gasteiger partial charge in [0.2, 0.25) is 0 Å². The number of carbonyl (C=O) groups excluding carboxylic acids is 3. The van der Waals surface area contributed by atoms with E-state index in [1.165, 1.54) is 11.3 Å². The average molecular weight is 502 g/mol. The molecule has 34 heavy (non-hydrogen) atoms. The minimum absolute atomic E-state index is 0.202. The summed E-state index contributed by atoms with van der Waals surface area (Å²) in [5.74, 6) is -0.976. The predicted octanol–water partition coefficient (Wildman–Crippen LogP) is 5.83. The van der Waals surface area contributed by atoms with Crippen molar-refractivity contribution in [3.05, 3.63) is 70.1 Å². The number of anilines is 1. The molecule has 0 saturated heterocycles. The maximum Gasteiger partial charge on any atom is 0.347 e. The van der Waals surface area contributed by atoms with E-state index in [9.17, 15) is 14.4 Å². The van der Waals surface area contributed by atoms with E-state index in [-0.39, 0.29) is 18.8 Å². The third kappa shape index (κ3) is 6.15. The number of carbonyl (C=O) groups is 3. The molecule has 0 bridgehead atoms. The molecule has 0 spiro atoms. The molecule has 178 valence electrons. The molecular weight excluding hydrogens is 478 g/mol. The monoisotopic (exact) mass is 501 g/mol. The quantitative estimate of drug-likeness (QED) is 0.371. The number of thiophene rings is 1. The van der Waals surface area contributed by atoms with Gasteiger partial charge in [-0.2, -0.15) is 0 Å². The highest BCUT2D eigenvalue weighted by Crippen LogP contribution is 2.37. The van der Waals surface area contributed by atoms with Gasteiger partial charge in [0.25, 0.3) is 5.91 Å². The number of benzene rings is 2. The second-order valence-electron chi connectivity index (χ2n) is 7.07. The second kappa shape index (κ2) is 11.7. The van der Waals surface area contributed by atoms with Crippen LogP contribution in [0.4, 0.5) is 5.00 Å². The van der Waals surface area contributed by atoms with Crippen molar-refractivity contribution in [2.75, 3.05) is 18.5 Å². The number of hydrogen-bond acceptors (Lipinski definition) is 7. The first-order valence-corrected chi connectivity index (χ1v) is 11.9. The average Bonchev–Trinajstić information content (AvgIpc) is 3.23. The molecule has 7 nitrogen and oxygen atoms in total. The minimum Gasteiger partial charge on any atom is -0.479 e. The largest absolute Gasteiger partial charge is 0.479 e. The molecule has 1 N–H and O–H groups in total. The summed E-state index contributed by atoms with van der Waals surface area (Å²) in [4.78, 5) is 37.3. The van der Waals surface area contributed by atoms with Gasteiger partial charge in [0.05, 0.1) is 13.2 Å². The van der Waals surface area contributed by atoms with Gasteiger partial charge in [0, 0.05) is 21.5 Å². The van der Waals surface area contributed by atoms with E-state index in [0.29, 0.717) is 26.9 Å². The summed E-state index contributed by atoms with van der Waals surface area (Å²) < 4.78 is 15.7. The summed E-state index contributed by atoms with van der Waals surface area (Å²) in [6.45, 7) is 5.49. The molecule has 0 radical (unpaired) electrons. The second-order valence-corrected chi connectivity index (χ2v) is 8.39. The summed E-state index contributed by atoms with van der Waals surface area (Å²) in [5.41, 5.74) is 2.06. The predicted molar refractivity (Wildman–Crippen MR) is 132 cm³/mol. The Morgan fingerprint density at radius 2 is 1.62 bits per heavy atom. The molecule has 2 aromatic carbocycles. The Hall–Kier alpha value is -3.36. The first-order chi connectivity index (χ1) is 16.3. The topological polar surface area (TPSA) is 90.9 Å². The maximum absolute atomic E-state index is 12.9. The van der Waals surface area contributed by atoms with Gasteiger partial charge in [0.1, 0.15) is 16.3 Å². The van der Waals surface area contributed by atoms with E-state index in [4.69, 9.17) is 25.8 Å². The van der Waals surface area contributed by atoms with Gasteiger partial charge in [-0.05, 0) is 62.7 Å². The van der Waals surface area contributed by atoms with Crippen molar-refractivity contribution in [2.45, 2.75) is 26.9 Å². The maximum atomic E-state index is 12.9. The molecular formula is C25H24ClNO6S. The van der Waals surface area contributed by atoms with Crippen LogP contribution in [0.3, 0.4) is 0 Å². The highest BCUT2D eigenvalue weighted by Gasteiger charge is 2.23. The summed E-state index contributed by atoms with van der Waals surface area (Å²) in [5, 5.41) is 5.55. The van der Waals surface area contributed by atoms with Crippen LogP contribution in [0.2, 0.25) is 5.02 Å². The Balaban J connectivity index is 1.79. The number of halogens is 1. The summed E-state index contributed by atoms with van der Waals surface area (Å²) in [7, 11) is 0. The third-order valence-corrected chi connectivity index (χ3v) is 5.85. The Labute approximate surface area is 206 Å². The normalized spacial score (nSPS) is 11.4. The molecule has 0 fully saturated rings. The van der Waals surface area contributed by atoms with Crippen LogP contribution < -0.4 is 10.1 Å². The Bertz CT molecular complexity index is 1160. The Kier molecular flexibility index (Phi) is 8.67. The van der Waals surface area contributed by atoms with Crippen molar-refractivity contribution in [2.24, 2.45) is 0 Å². The van der Waals surface area contributed by atoms with Crippen LogP contribution in [0, 0.1) is 0 Å². The molecule has 9 heteroatoms. The van der Waals surface area contributed by atoms with Crippen molar-refractivity contribution in [1.29, 1.82) is 0 Å². The van der Waals surface area contributed by atoms with Gasteiger partial charge in [-0.1, -0.05) is 23.7 Å². The molecule has 3 aromatic rings. The molecule has 3 rings (SSSR count). The highest BCUT2D eigenvalue weighted by molar-refractivity contribution is 7.15. The SMILES string of the molecule is CCOC(=O)c1c(-c2ccc(Cl)cc2)csc1NC(=O)c1ccc(O[C@H](C)C(=O)OCC)cc1. The van der Waals surface area contributed by atoms with Crippen molar-refractivity contribution >= 4 is 45.8 Å². The Morgan fingerprint density at radius 1 is 0.971 bits per heavy atom. The Morgan fingerprint density at radius 3 is 2.24 bits per heavy atom. The molecule has 0 saturated carbocycles. The smallest absolute Gasteiger partial charge is 0.347 e. The highest BCUT2D eigenvalue weighted by atomic mass is 35.5. The fourth-order valence-electron chi connectivity index (χ4n) is 3.07. The lowest BCUT2D eigenvalue weighted by Crippen LogP contribution is -2.26. The van der Waals surface area contributed by atoms with Crippen LogP contribution in [0.5, 0.6) is 5.75 Å². The van der Waals surface area contributed by atoms with Crippen molar-refractivity contribution in [3.8, 4) is 16.9 Å². The van der Waals surface area contributed by atoms with Crippen molar-refractivity contribution in [1.82, 2.24) is 0 Å². The zero-order chi connectivity index (χ0) is 24.7. The molecule has 1 amide bonds. The molecule has 0 aliphatic rings. The minimum atomic E-state index is -0.774. The van der Waals surface area contributed by atoms with Crippen LogP contribution in [0.15, 0.2) is 53.9 Å². The number of ether oxygens (including phenoxy) is 3. The molecule has 1 heterocycles. The van der Waals surface area contributed by atoms with E-state index in [1.807, 2.05) is 0 Å². The fourth-order valence-corrected chi connectivity index (χ4v) is 4.15. The van der Waals surface area contributed by atoms with E-state index >= 15 is 0 Å². The lowest BCUT2D eigenvalue weighted by molar-refractivity contribution is -0.150. The molecule has 0 aliphatic heterocycles. The zero-order valence-electron chi connectivity index (χ0n) is 18.9. The summed E-state index contributed by atoms with van der Waals surface area (Å²) >= 11 is 7.21. The number of nitrogens with one attached hydrogen (secondary N) is 1. The first kappa shape index (κ1) is 25.3. The van der Waals surface area contributed by atoms with Crippen molar-refractivity contribution < 1.29 is 28.6 Å². The summed E-state index contributed by atoms with van der Waals surface area (Å²) in [6, 6.07) is 13.4. The van der Waals surface area contributed by atoms with E-state index in [0.717, 1.165) is 5.56 Å². The molecule has 0 unspecified atom stereocenters. The van der Waals surface area contributed by atoms with Crippen LogP contribution in [-0.2, 0) is 14.3 Å². The van der Waals surface area contributed by atoms with Gasteiger partial charge >= 0.3 is 11.9 Å². The van der Waals surface area contributed by atoms with Gasteiger partial charge in [-0.15, -0.1) is 11.3 Å². The van der Waals surface area contributed by atoms with Gasteiger partial charge in [-0.25, -0.2) is 9.59 Å². The zero-order valence-corrected chi connectivity index (χ0v) is 20.5. The lowest BCUT2D eigenvalue weighted by atomic mass is 10.0.